The third kappa shape index (κ3) is 6.96. The number of carbonyl (C=O) groups excluding carboxylic acids is 1. The summed E-state index contributed by atoms with van der Waals surface area (Å²) in [4.78, 5) is 25.1. The van der Waals surface area contributed by atoms with E-state index in [1.807, 2.05) is 0 Å². The van der Waals surface area contributed by atoms with Gasteiger partial charge >= 0.3 is 6.18 Å². The second-order valence-electron chi connectivity index (χ2n) is 8.21. The molecule has 0 radical (unpaired) electrons. The highest BCUT2D eigenvalue weighted by atomic mass is 19.4. The van der Waals surface area contributed by atoms with Gasteiger partial charge in [-0.2, -0.15) is 13.2 Å². The third-order valence-corrected chi connectivity index (χ3v) is 5.40. The third-order valence-electron chi connectivity index (χ3n) is 5.40. The molecular formula is C26H23F4N7O2. The highest BCUT2D eigenvalue weighted by Gasteiger charge is 2.32. The number of hydrogen-bond donors (Lipinski definition) is 4. The smallest absolute Gasteiger partial charge is 0.417 e. The molecule has 39 heavy (non-hydrogen) atoms. The summed E-state index contributed by atoms with van der Waals surface area (Å²) in [5.41, 5.74) is 12.0. The van der Waals surface area contributed by atoms with Gasteiger partial charge in [0.25, 0.3) is 11.8 Å². The lowest BCUT2D eigenvalue weighted by Gasteiger charge is -2.14. The second-order valence-corrected chi connectivity index (χ2v) is 8.21. The molecule has 2 aromatic carbocycles. The van der Waals surface area contributed by atoms with Gasteiger partial charge in [-0.05, 0) is 35.9 Å². The average molecular weight is 542 g/mol. The molecule has 9 nitrogen and oxygen atoms in total. The van der Waals surface area contributed by atoms with Crippen molar-refractivity contribution < 1.29 is 27.1 Å². The van der Waals surface area contributed by atoms with E-state index in [2.05, 4.69) is 25.6 Å². The fraction of sp³-hybridized carbons (Fsp3) is 0.154. The van der Waals surface area contributed by atoms with Crippen molar-refractivity contribution in [1.82, 2.24) is 15.0 Å². The Morgan fingerprint density at radius 3 is 2.38 bits per heavy atom. The highest BCUT2D eigenvalue weighted by molar-refractivity contribution is 6.07. The van der Waals surface area contributed by atoms with Crippen molar-refractivity contribution in [2.75, 3.05) is 29.5 Å². The van der Waals surface area contributed by atoms with Crippen molar-refractivity contribution in [1.29, 1.82) is 0 Å². The molecule has 0 saturated carbocycles. The zero-order chi connectivity index (χ0) is 28.0. The van der Waals surface area contributed by atoms with Gasteiger partial charge in [-0.1, -0.05) is 24.3 Å². The normalized spacial score (nSPS) is 11.2. The van der Waals surface area contributed by atoms with Gasteiger partial charge in [-0.25, -0.2) is 19.3 Å². The summed E-state index contributed by atoms with van der Waals surface area (Å²) in [7, 11) is 0. The highest BCUT2D eigenvalue weighted by Crippen LogP contribution is 2.31. The van der Waals surface area contributed by atoms with Gasteiger partial charge < -0.3 is 26.8 Å². The Morgan fingerprint density at radius 1 is 1.00 bits per heavy atom. The van der Waals surface area contributed by atoms with Crippen molar-refractivity contribution in [3.05, 3.63) is 89.5 Å². The molecule has 0 bridgehead atoms. The zero-order valence-corrected chi connectivity index (χ0v) is 20.3. The molecule has 1 amide bonds. The molecule has 0 fully saturated rings. The van der Waals surface area contributed by atoms with Crippen LogP contribution in [-0.4, -0.2) is 34.0 Å². The van der Waals surface area contributed by atoms with E-state index in [0.29, 0.717) is 18.0 Å². The van der Waals surface area contributed by atoms with E-state index in [1.54, 1.807) is 24.3 Å². The molecule has 0 spiro atoms. The first-order valence-corrected chi connectivity index (χ1v) is 11.6. The number of benzene rings is 2. The summed E-state index contributed by atoms with van der Waals surface area (Å²) >= 11 is 0. The molecule has 0 aliphatic carbocycles. The Hall–Kier alpha value is -4.78. The first kappa shape index (κ1) is 27.3. The van der Waals surface area contributed by atoms with Crippen molar-refractivity contribution in [3.8, 4) is 17.1 Å². The van der Waals surface area contributed by atoms with Gasteiger partial charge in [0.15, 0.2) is 5.82 Å². The fourth-order valence-corrected chi connectivity index (χ4v) is 3.43. The SMILES string of the molecule is NCCOc1nc(-c2ccc(CNc3ncc(C(F)(F)F)cc3C(=O)Nc3ccc(F)cc3)cc2)cnc1N. The minimum Gasteiger partial charge on any atom is -0.474 e. The summed E-state index contributed by atoms with van der Waals surface area (Å²) < 4.78 is 58.5. The largest absolute Gasteiger partial charge is 0.474 e. The number of amides is 1. The van der Waals surface area contributed by atoms with Crippen LogP contribution in [0.15, 0.2) is 67.0 Å². The fourth-order valence-electron chi connectivity index (χ4n) is 3.43. The first-order chi connectivity index (χ1) is 18.6. The van der Waals surface area contributed by atoms with Crippen molar-refractivity contribution in [3.63, 3.8) is 0 Å². The minimum absolute atomic E-state index is 0.0576. The number of rotatable bonds is 9. The zero-order valence-electron chi connectivity index (χ0n) is 20.3. The van der Waals surface area contributed by atoms with Crippen LogP contribution in [0.1, 0.15) is 21.5 Å². The number of nitrogens with two attached hydrogens (primary N) is 2. The van der Waals surface area contributed by atoms with Gasteiger partial charge in [-0.3, -0.25) is 4.79 Å². The number of nitrogens with one attached hydrogen (secondary N) is 2. The predicted octanol–water partition coefficient (Wildman–Crippen LogP) is 4.48. The van der Waals surface area contributed by atoms with E-state index in [1.165, 1.54) is 18.3 Å². The standard InChI is InChI=1S/C26H23F4N7O2/c27-18-5-7-19(8-6-18)36-24(38)20-11-17(26(28,29)30)13-35-23(20)34-12-15-1-3-16(4-2-15)21-14-33-22(32)25(37-21)39-10-9-31/h1-8,11,13-14H,9-10,12,31H2,(H2,32,33)(H,34,35)(H,36,38). The molecule has 202 valence electrons. The second kappa shape index (κ2) is 11.7. The topological polar surface area (TPSA) is 141 Å². The van der Waals surface area contributed by atoms with E-state index < -0.39 is 23.5 Å². The maximum absolute atomic E-state index is 13.3. The lowest BCUT2D eigenvalue weighted by Crippen LogP contribution is -2.18. The summed E-state index contributed by atoms with van der Waals surface area (Å²) in [6.07, 6.45) is -2.56. The maximum atomic E-state index is 13.3. The van der Waals surface area contributed by atoms with Crippen LogP contribution in [0.2, 0.25) is 0 Å². The number of carbonyl (C=O) groups is 1. The average Bonchev–Trinajstić information content (AvgIpc) is 2.92. The Bertz CT molecular complexity index is 1450. The molecule has 0 atom stereocenters. The van der Waals surface area contributed by atoms with Crippen LogP contribution in [0.4, 0.5) is 34.9 Å². The first-order valence-electron chi connectivity index (χ1n) is 11.6. The number of alkyl halides is 3. The number of nitrogen functional groups attached to an aromatic ring is 1. The molecule has 0 aliphatic rings. The summed E-state index contributed by atoms with van der Waals surface area (Å²) in [5.74, 6) is -1.11. The van der Waals surface area contributed by atoms with E-state index in [9.17, 15) is 22.4 Å². The molecule has 0 saturated heterocycles. The monoisotopic (exact) mass is 541 g/mol. The molecule has 6 N–H and O–H groups in total. The Kier molecular flexibility index (Phi) is 8.20. The maximum Gasteiger partial charge on any atom is 0.417 e. The number of anilines is 3. The Morgan fingerprint density at radius 2 is 1.72 bits per heavy atom. The quantitative estimate of drug-likeness (QED) is 0.227. The molecular weight excluding hydrogens is 518 g/mol. The number of ether oxygens (including phenoxy) is 1. The van der Waals surface area contributed by atoms with Gasteiger partial charge in [0.05, 0.1) is 23.0 Å². The van der Waals surface area contributed by atoms with Crippen LogP contribution in [0.5, 0.6) is 5.88 Å². The van der Waals surface area contributed by atoms with Gasteiger partial charge in [0.1, 0.15) is 18.2 Å². The number of hydrogen-bond acceptors (Lipinski definition) is 8. The van der Waals surface area contributed by atoms with E-state index in [0.717, 1.165) is 23.3 Å². The number of aromatic nitrogens is 3. The molecule has 4 aromatic rings. The lowest BCUT2D eigenvalue weighted by atomic mass is 10.1. The van der Waals surface area contributed by atoms with Crippen LogP contribution in [0, 0.1) is 5.82 Å². The van der Waals surface area contributed by atoms with Crippen LogP contribution >= 0.6 is 0 Å². The number of pyridine rings is 1. The number of nitrogens with zero attached hydrogens (tertiary/aromatic N) is 3. The molecule has 13 heteroatoms. The molecule has 2 heterocycles. The van der Waals surface area contributed by atoms with Crippen LogP contribution < -0.4 is 26.8 Å². The summed E-state index contributed by atoms with van der Waals surface area (Å²) in [6.45, 7) is 0.666. The van der Waals surface area contributed by atoms with Crippen molar-refractivity contribution in [2.45, 2.75) is 12.7 Å². The summed E-state index contributed by atoms with van der Waals surface area (Å²) in [6, 6.07) is 12.6. The summed E-state index contributed by atoms with van der Waals surface area (Å²) in [5, 5.41) is 5.36. The number of halogens is 4. The van der Waals surface area contributed by atoms with E-state index in [4.69, 9.17) is 16.2 Å². The van der Waals surface area contributed by atoms with Gasteiger partial charge in [-0.15, -0.1) is 0 Å². The molecule has 4 rings (SSSR count). The predicted molar refractivity (Wildman–Crippen MR) is 137 cm³/mol. The Balaban J connectivity index is 1.51. The minimum atomic E-state index is -4.70. The van der Waals surface area contributed by atoms with Gasteiger partial charge in [0, 0.05) is 30.5 Å². The van der Waals surface area contributed by atoms with Crippen LogP contribution in [0.3, 0.4) is 0 Å². The van der Waals surface area contributed by atoms with Crippen molar-refractivity contribution >= 4 is 23.2 Å². The molecule has 0 aliphatic heterocycles. The van der Waals surface area contributed by atoms with Crippen LogP contribution in [0.25, 0.3) is 11.3 Å². The molecule has 2 aromatic heterocycles. The van der Waals surface area contributed by atoms with Gasteiger partial charge in [0.2, 0.25) is 0 Å². The molecule has 0 unspecified atom stereocenters. The lowest BCUT2D eigenvalue weighted by molar-refractivity contribution is -0.137. The van der Waals surface area contributed by atoms with E-state index in [-0.39, 0.29) is 48.5 Å². The van der Waals surface area contributed by atoms with E-state index >= 15 is 0 Å². The van der Waals surface area contributed by atoms with Crippen LogP contribution in [-0.2, 0) is 12.7 Å². The Labute approximate surface area is 220 Å². The van der Waals surface area contributed by atoms with Crippen molar-refractivity contribution in [2.24, 2.45) is 5.73 Å².